The van der Waals surface area contributed by atoms with E-state index >= 15 is 0 Å². The van der Waals surface area contributed by atoms with E-state index in [1.807, 2.05) is 17.9 Å². The Morgan fingerprint density at radius 2 is 1.85 bits per heavy atom. The highest BCUT2D eigenvalue weighted by atomic mass is 16.5. The fourth-order valence-electron chi connectivity index (χ4n) is 4.28. The molecule has 27 heavy (non-hydrogen) atoms. The monoisotopic (exact) mass is 365 g/mol. The summed E-state index contributed by atoms with van der Waals surface area (Å²) in [4.78, 5) is 21.8. The molecule has 0 saturated carbocycles. The van der Waals surface area contributed by atoms with E-state index in [1.54, 1.807) is 12.3 Å². The fraction of sp³-hybridized carbons (Fsp3) is 0.455. The number of fused-ring (bicyclic) bond motifs is 1. The summed E-state index contributed by atoms with van der Waals surface area (Å²) in [6.07, 6.45) is 4.93. The molecule has 1 aromatic heterocycles. The Morgan fingerprint density at radius 3 is 2.59 bits per heavy atom. The Hall–Kier alpha value is -2.40. The average molecular weight is 365 g/mol. The number of carbonyl (C=O) groups excluding carboxylic acids is 1. The molecule has 0 spiro atoms. The molecule has 0 unspecified atom stereocenters. The maximum absolute atomic E-state index is 13.0. The minimum Gasteiger partial charge on any atom is -0.477 e. The minimum atomic E-state index is 0.0307. The van der Waals surface area contributed by atoms with Crippen molar-refractivity contribution < 1.29 is 9.53 Å². The number of nitrogens with zero attached hydrogens (tertiary/aromatic N) is 3. The van der Waals surface area contributed by atoms with Crippen LogP contribution in [0, 0.1) is 0 Å². The van der Waals surface area contributed by atoms with Crippen molar-refractivity contribution in [3.8, 4) is 5.88 Å². The van der Waals surface area contributed by atoms with Gasteiger partial charge in [-0.05, 0) is 49.4 Å². The first kappa shape index (κ1) is 18.0. The van der Waals surface area contributed by atoms with Crippen LogP contribution in [0.25, 0.3) is 0 Å². The fourth-order valence-corrected chi connectivity index (χ4v) is 4.28. The van der Waals surface area contributed by atoms with Crippen molar-refractivity contribution in [1.82, 2.24) is 14.8 Å². The zero-order valence-electron chi connectivity index (χ0n) is 15.9. The lowest BCUT2D eigenvalue weighted by Crippen LogP contribution is -2.40. The zero-order chi connectivity index (χ0) is 18.6. The van der Waals surface area contributed by atoms with Crippen LogP contribution in [0.2, 0.25) is 0 Å². The predicted octanol–water partition coefficient (Wildman–Crippen LogP) is 2.80. The molecule has 1 amide bonds. The van der Waals surface area contributed by atoms with Crippen LogP contribution >= 0.6 is 0 Å². The molecule has 0 radical (unpaired) electrons. The molecule has 2 heterocycles. The Kier molecular flexibility index (Phi) is 5.39. The molecule has 0 bridgehead atoms. The summed E-state index contributed by atoms with van der Waals surface area (Å²) in [7, 11) is 0. The molecule has 1 aliphatic carbocycles. The van der Waals surface area contributed by atoms with Crippen LogP contribution in [0.4, 0.5) is 0 Å². The molecule has 1 fully saturated rings. The van der Waals surface area contributed by atoms with Crippen LogP contribution in [-0.2, 0) is 12.8 Å². The van der Waals surface area contributed by atoms with Crippen LogP contribution in [0.1, 0.15) is 34.8 Å². The lowest BCUT2D eigenvalue weighted by molar-refractivity contribution is 0.0753. The van der Waals surface area contributed by atoms with Gasteiger partial charge in [-0.25, -0.2) is 4.98 Å². The topological polar surface area (TPSA) is 45.7 Å². The third-order valence-corrected chi connectivity index (χ3v) is 5.65. The highest BCUT2D eigenvalue weighted by Crippen LogP contribution is 2.26. The third-order valence-electron chi connectivity index (χ3n) is 5.65. The van der Waals surface area contributed by atoms with E-state index in [1.165, 1.54) is 11.1 Å². The van der Waals surface area contributed by atoms with Crippen LogP contribution in [0.5, 0.6) is 5.88 Å². The van der Waals surface area contributed by atoms with E-state index < -0.39 is 0 Å². The van der Waals surface area contributed by atoms with Crippen molar-refractivity contribution in [2.24, 2.45) is 0 Å². The number of amides is 1. The minimum absolute atomic E-state index is 0.0307. The standard InChI is InChI=1S/C22H27N3O2/c1-2-27-21-20(9-5-10-23-21)22(26)25-12-6-11-24(13-14-25)19-15-17-7-3-4-8-18(17)16-19/h3-5,7-10,19H,2,6,11-16H2,1H3. The van der Waals surface area contributed by atoms with Gasteiger partial charge in [0.15, 0.2) is 0 Å². The molecular weight excluding hydrogens is 338 g/mol. The van der Waals surface area contributed by atoms with Gasteiger partial charge in [0.05, 0.1) is 6.61 Å². The number of benzene rings is 1. The maximum atomic E-state index is 13.0. The van der Waals surface area contributed by atoms with E-state index in [4.69, 9.17) is 4.74 Å². The molecule has 1 saturated heterocycles. The number of hydrogen-bond donors (Lipinski definition) is 0. The lowest BCUT2D eigenvalue weighted by atomic mass is 10.1. The van der Waals surface area contributed by atoms with Crippen molar-refractivity contribution in [1.29, 1.82) is 0 Å². The molecule has 0 atom stereocenters. The van der Waals surface area contributed by atoms with Gasteiger partial charge in [0.1, 0.15) is 5.56 Å². The lowest BCUT2D eigenvalue weighted by Gasteiger charge is -2.27. The van der Waals surface area contributed by atoms with E-state index in [-0.39, 0.29) is 5.91 Å². The van der Waals surface area contributed by atoms with Crippen LogP contribution in [-0.4, -0.2) is 59.5 Å². The number of rotatable bonds is 4. The summed E-state index contributed by atoms with van der Waals surface area (Å²) in [6.45, 7) is 5.93. The van der Waals surface area contributed by atoms with Gasteiger partial charge >= 0.3 is 0 Å². The van der Waals surface area contributed by atoms with Crippen molar-refractivity contribution in [2.75, 3.05) is 32.8 Å². The summed E-state index contributed by atoms with van der Waals surface area (Å²) in [5, 5.41) is 0. The Morgan fingerprint density at radius 1 is 1.07 bits per heavy atom. The predicted molar refractivity (Wildman–Crippen MR) is 105 cm³/mol. The molecule has 142 valence electrons. The summed E-state index contributed by atoms with van der Waals surface area (Å²) in [6, 6.07) is 12.9. The van der Waals surface area contributed by atoms with Crippen LogP contribution < -0.4 is 4.74 Å². The van der Waals surface area contributed by atoms with E-state index in [0.717, 1.165) is 45.4 Å². The van der Waals surface area contributed by atoms with Crippen LogP contribution in [0.3, 0.4) is 0 Å². The van der Waals surface area contributed by atoms with Crippen molar-refractivity contribution in [2.45, 2.75) is 32.2 Å². The van der Waals surface area contributed by atoms with Crippen molar-refractivity contribution in [3.63, 3.8) is 0 Å². The van der Waals surface area contributed by atoms with Gasteiger partial charge in [0.25, 0.3) is 5.91 Å². The summed E-state index contributed by atoms with van der Waals surface area (Å²) in [5.74, 6) is 0.473. The zero-order valence-corrected chi connectivity index (χ0v) is 15.9. The Balaban J connectivity index is 1.41. The first-order valence-corrected chi connectivity index (χ1v) is 9.94. The number of ether oxygens (including phenoxy) is 1. The van der Waals surface area contributed by atoms with Crippen molar-refractivity contribution in [3.05, 3.63) is 59.3 Å². The van der Waals surface area contributed by atoms with E-state index in [9.17, 15) is 4.79 Å². The third kappa shape index (κ3) is 3.83. The molecule has 2 aliphatic rings. The number of pyridine rings is 1. The molecule has 1 aromatic carbocycles. The molecule has 0 N–H and O–H groups in total. The largest absolute Gasteiger partial charge is 0.477 e. The van der Waals surface area contributed by atoms with Crippen molar-refractivity contribution >= 4 is 5.91 Å². The van der Waals surface area contributed by atoms with Gasteiger partial charge in [-0.1, -0.05) is 24.3 Å². The van der Waals surface area contributed by atoms with Crippen LogP contribution in [0.15, 0.2) is 42.6 Å². The van der Waals surface area contributed by atoms with Gasteiger partial charge in [-0.2, -0.15) is 0 Å². The Bertz CT molecular complexity index is 783. The highest BCUT2D eigenvalue weighted by Gasteiger charge is 2.29. The molecular formula is C22H27N3O2. The van der Waals surface area contributed by atoms with Gasteiger partial charge in [0.2, 0.25) is 5.88 Å². The van der Waals surface area contributed by atoms with E-state index in [0.29, 0.717) is 24.1 Å². The number of aromatic nitrogens is 1. The Labute approximate surface area is 161 Å². The maximum Gasteiger partial charge on any atom is 0.259 e. The molecule has 5 heteroatoms. The smallest absolute Gasteiger partial charge is 0.259 e. The second-order valence-corrected chi connectivity index (χ2v) is 7.30. The van der Waals surface area contributed by atoms with Gasteiger partial charge < -0.3 is 9.64 Å². The summed E-state index contributed by atoms with van der Waals surface area (Å²) < 4.78 is 5.55. The first-order valence-electron chi connectivity index (χ1n) is 9.94. The second-order valence-electron chi connectivity index (χ2n) is 7.30. The highest BCUT2D eigenvalue weighted by molar-refractivity contribution is 5.96. The van der Waals surface area contributed by atoms with Gasteiger partial charge in [0, 0.05) is 38.4 Å². The van der Waals surface area contributed by atoms with E-state index in [2.05, 4.69) is 34.1 Å². The molecule has 4 rings (SSSR count). The molecule has 5 nitrogen and oxygen atoms in total. The quantitative estimate of drug-likeness (QED) is 0.836. The SMILES string of the molecule is CCOc1ncccc1C(=O)N1CCCN(C2Cc3ccccc3C2)CC1. The normalized spacial score (nSPS) is 18.2. The molecule has 2 aromatic rings. The van der Waals surface area contributed by atoms with Gasteiger partial charge in [-0.3, -0.25) is 9.69 Å². The molecule has 1 aliphatic heterocycles. The average Bonchev–Trinajstić information content (AvgIpc) is 2.97. The number of carbonyl (C=O) groups is 1. The van der Waals surface area contributed by atoms with Gasteiger partial charge in [-0.15, -0.1) is 0 Å². The summed E-state index contributed by atoms with van der Waals surface area (Å²) in [5.41, 5.74) is 3.54. The second kappa shape index (κ2) is 8.09. The first-order chi connectivity index (χ1) is 13.3. The number of hydrogen-bond acceptors (Lipinski definition) is 4. The summed E-state index contributed by atoms with van der Waals surface area (Å²) >= 11 is 0.